The summed E-state index contributed by atoms with van der Waals surface area (Å²) in [5, 5.41) is 8.63. The van der Waals surface area contributed by atoms with Crippen molar-refractivity contribution in [1.29, 1.82) is 5.26 Å². The molecular formula is C12H13NO2. The fraction of sp³-hybridized carbons (Fsp3) is 0.417. The minimum absolute atomic E-state index is 0.439. The number of nitriles is 1. The van der Waals surface area contributed by atoms with E-state index in [9.17, 15) is 0 Å². The summed E-state index contributed by atoms with van der Waals surface area (Å²) in [6.45, 7) is 1.20. The Bertz CT molecular complexity index is 350. The fourth-order valence-corrected chi connectivity index (χ4v) is 1.82. The Kier molecular flexibility index (Phi) is 3.00. The molecule has 1 aromatic carbocycles. The van der Waals surface area contributed by atoms with Crippen LogP contribution in [0.4, 0.5) is 0 Å². The minimum atomic E-state index is -0.684. The van der Waals surface area contributed by atoms with Crippen molar-refractivity contribution < 1.29 is 9.47 Å². The molecule has 0 saturated carbocycles. The van der Waals surface area contributed by atoms with Crippen molar-refractivity contribution in [3.8, 4) is 6.07 Å². The molecule has 1 aliphatic rings. The van der Waals surface area contributed by atoms with Gasteiger partial charge in [-0.1, -0.05) is 30.3 Å². The molecule has 0 N–H and O–H groups in total. The number of nitrogens with zero attached hydrogens (tertiary/aromatic N) is 1. The summed E-state index contributed by atoms with van der Waals surface area (Å²) >= 11 is 0. The van der Waals surface area contributed by atoms with Crippen molar-refractivity contribution in [2.45, 2.75) is 18.6 Å². The molecule has 1 saturated heterocycles. The molecule has 1 aliphatic heterocycles. The highest BCUT2D eigenvalue weighted by atomic mass is 16.7. The quantitative estimate of drug-likeness (QED) is 0.756. The molecule has 3 nitrogen and oxygen atoms in total. The second-order valence-corrected chi connectivity index (χ2v) is 3.47. The van der Waals surface area contributed by atoms with E-state index < -0.39 is 5.79 Å². The zero-order valence-electron chi connectivity index (χ0n) is 8.48. The Balaban J connectivity index is 2.23. The van der Waals surface area contributed by atoms with Crippen LogP contribution in [0.25, 0.3) is 0 Å². The van der Waals surface area contributed by atoms with E-state index in [2.05, 4.69) is 6.07 Å². The molecule has 1 aromatic rings. The van der Waals surface area contributed by atoms with Crippen LogP contribution in [-0.2, 0) is 15.3 Å². The van der Waals surface area contributed by atoms with Crippen LogP contribution < -0.4 is 0 Å². The lowest BCUT2D eigenvalue weighted by Gasteiger charge is -2.26. The first-order valence-electron chi connectivity index (χ1n) is 5.08. The number of ether oxygens (including phenoxy) is 2. The molecule has 0 spiro atoms. The van der Waals surface area contributed by atoms with Crippen LogP contribution in [0, 0.1) is 11.3 Å². The van der Waals surface area contributed by atoms with Crippen LogP contribution in [0.5, 0.6) is 0 Å². The molecule has 1 fully saturated rings. The van der Waals surface area contributed by atoms with Crippen molar-refractivity contribution in [2.24, 2.45) is 0 Å². The van der Waals surface area contributed by atoms with Crippen LogP contribution in [0.2, 0.25) is 0 Å². The van der Waals surface area contributed by atoms with Gasteiger partial charge in [-0.25, -0.2) is 0 Å². The summed E-state index contributed by atoms with van der Waals surface area (Å²) in [6.07, 6.45) is 1.03. The van der Waals surface area contributed by atoms with Gasteiger partial charge in [0.1, 0.15) is 0 Å². The van der Waals surface area contributed by atoms with E-state index in [4.69, 9.17) is 14.7 Å². The van der Waals surface area contributed by atoms with E-state index >= 15 is 0 Å². The van der Waals surface area contributed by atoms with Crippen LogP contribution >= 0.6 is 0 Å². The summed E-state index contributed by atoms with van der Waals surface area (Å²) in [6, 6.07) is 11.9. The highest BCUT2D eigenvalue weighted by molar-refractivity contribution is 5.21. The molecule has 0 amide bonds. The van der Waals surface area contributed by atoms with Crippen LogP contribution in [0.3, 0.4) is 0 Å². The number of benzene rings is 1. The van der Waals surface area contributed by atoms with Crippen LogP contribution in [0.15, 0.2) is 30.3 Å². The van der Waals surface area contributed by atoms with Crippen LogP contribution in [0.1, 0.15) is 18.4 Å². The molecule has 0 bridgehead atoms. The van der Waals surface area contributed by atoms with Gasteiger partial charge < -0.3 is 9.47 Å². The third kappa shape index (κ3) is 2.01. The predicted octanol–water partition coefficient (Wildman–Crippen LogP) is 2.19. The van der Waals surface area contributed by atoms with Gasteiger partial charge in [0.15, 0.2) is 5.79 Å². The molecule has 1 heterocycles. The van der Waals surface area contributed by atoms with E-state index in [0.29, 0.717) is 26.1 Å². The third-order valence-corrected chi connectivity index (χ3v) is 2.53. The molecule has 0 unspecified atom stereocenters. The van der Waals surface area contributed by atoms with Crippen LogP contribution in [-0.4, -0.2) is 13.2 Å². The summed E-state index contributed by atoms with van der Waals surface area (Å²) in [4.78, 5) is 0. The lowest BCUT2D eigenvalue weighted by molar-refractivity contribution is -0.169. The Morgan fingerprint density at radius 2 is 1.87 bits per heavy atom. The Labute approximate surface area is 89.2 Å². The highest BCUT2D eigenvalue weighted by Gasteiger charge is 2.37. The number of rotatable bonds is 3. The summed E-state index contributed by atoms with van der Waals surface area (Å²) in [7, 11) is 0. The Morgan fingerprint density at radius 3 is 2.47 bits per heavy atom. The molecule has 78 valence electrons. The maximum absolute atomic E-state index is 8.63. The Hall–Kier alpha value is -1.37. The monoisotopic (exact) mass is 203 g/mol. The van der Waals surface area contributed by atoms with Gasteiger partial charge >= 0.3 is 0 Å². The molecule has 15 heavy (non-hydrogen) atoms. The molecular weight excluding hydrogens is 190 g/mol. The first kappa shape index (κ1) is 10.2. The van der Waals surface area contributed by atoms with Crippen molar-refractivity contribution in [3.63, 3.8) is 0 Å². The van der Waals surface area contributed by atoms with E-state index in [1.54, 1.807) is 0 Å². The molecule has 3 heteroatoms. The minimum Gasteiger partial charge on any atom is -0.343 e. The average molecular weight is 203 g/mol. The van der Waals surface area contributed by atoms with Gasteiger partial charge in [-0.15, -0.1) is 0 Å². The topological polar surface area (TPSA) is 42.2 Å². The van der Waals surface area contributed by atoms with Crippen molar-refractivity contribution in [2.75, 3.05) is 13.2 Å². The van der Waals surface area contributed by atoms with Gasteiger partial charge in [-0.2, -0.15) is 5.26 Å². The smallest absolute Gasteiger partial charge is 0.195 e. The molecule has 2 rings (SSSR count). The van der Waals surface area contributed by atoms with Gasteiger partial charge in [-0.3, -0.25) is 0 Å². The van der Waals surface area contributed by atoms with E-state index in [1.807, 2.05) is 30.3 Å². The zero-order chi connectivity index (χ0) is 10.6. The molecule has 0 radical (unpaired) electrons. The predicted molar refractivity (Wildman–Crippen MR) is 54.9 cm³/mol. The Morgan fingerprint density at radius 1 is 1.20 bits per heavy atom. The number of hydrogen-bond acceptors (Lipinski definition) is 3. The maximum atomic E-state index is 8.63. The van der Waals surface area contributed by atoms with E-state index in [-0.39, 0.29) is 0 Å². The standard InChI is InChI=1S/C12H13NO2/c13-8-4-7-12(14-9-10-15-12)11-5-2-1-3-6-11/h1-3,5-6H,4,7,9-10H2. The third-order valence-electron chi connectivity index (χ3n) is 2.53. The van der Waals surface area contributed by atoms with E-state index in [1.165, 1.54) is 0 Å². The molecule has 0 aliphatic carbocycles. The van der Waals surface area contributed by atoms with Gasteiger partial charge in [0.05, 0.1) is 19.3 Å². The first-order valence-corrected chi connectivity index (χ1v) is 5.08. The zero-order valence-corrected chi connectivity index (χ0v) is 8.48. The normalized spacial score (nSPS) is 18.6. The van der Waals surface area contributed by atoms with Crippen molar-refractivity contribution in [3.05, 3.63) is 35.9 Å². The van der Waals surface area contributed by atoms with Gasteiger partial charge in [0, 0.05) is 18.4 Å². The van der Waals surface area contributed by atoms with Crippen molar-refractivity contribution in [1.82, 2.24) is 0 Å². The summed E-state index contributed by atoms with van der Waals surface area (Å²) in [5.41, 5.74) is 0.998. The van der Waals surface area contributed by atoms with Gasteiger partial charge in [0.25, 0.3) is 0 Å². The maximum Gasteiger partial charge on any atom is 0.195 e. The second-order valence-electron chi connectivity index (χ2n) is 3.47. The largest absolute Gasteiger partial charge is 0.343 e. The van der Waals surface area contributed by atoms with Gasteiger partial charge in [0.2, 0.25) is 0 Å². The second kappa shape index (κ2) is 4.43. The fourth-order valence-electron chi connectivity index (χ4n) is 1.82. The van der Waals surface area contributed by atoms with Gasteiger partial charge in [-0.05, 0) is 0 Å². The average Bonchev–Trinajstić information content (AvgIpc) is 2.78. The summed E-state index contributed by atoms with van der Waals surface area (Å²) in [5.74, 6) is -0.684. The number of hydrogen-bond donors (Lipinski definition) is 0. The lowest BCUT2D eigenvalue weighted by atomic mass is 10.0. The van der Waals surface area contributed by atoms with E-state index in [0.717, 1.165) is 5.56 Å². The molecule has 0 atom stereocenters. The lowest BCUT2D eigenvalue weighted by Crippen LogP contribution is -2.26. The van der Waals surface area contributed by atoms with Crippen molar-refractivity contribution >= 4 is 0 Å². The highest BCUT2D eigenvalue weighted by Crippen LogP contribution is 2.35. The summed E-state index contributed by atoms with van der Waals surface area (Å²) < 4.78 is 11.3. The molecule has 0 aromatic heterocycles. The SMILES string of the molecule is N#CCCC1(c2ccccc2)OCCO1. The first-order chi connectivity index (χ1) is 7.37.